The van der Waals surface area contributed by atoms with Crippen LogP contribution in [-0.4, -0.2) is 5.91 Å². The van der Waals surface area contributed by atoms with Crippen LogP contribution in [0.5, 0.6) is 0 Å². The van der Waals surface area contributed by atoms with Gasteiger partial charge >= 0.3 is 0 Å². The van der Waals surface area contributed by atoms with Crippen molar-refractivity contribution in [1.82, 2.24) is 0 Å². The van der Waals surface area contributed by atoms with Crippen LogP contribution in [0.3, 0.4) is 0 Å². The van der Waals surface area contributed by atoms with E-state index in [1.54, 1.807) is 13.0 Å². The average molecular weight is 215 g/mol. The summed E-state index contributed by atoms with van der Waals surface area (Å²) in [7, 11) is 0. The predicted octanol–water partition coefficient (Wildman–Crippen LogP) is 3.32. The summed E-state index contributed by atoms with van der Waals surface area (Å²) in [5, 5.41) is 2.89. The molecule has 0 radical (unpaired) electrons. The predicted molar refractivity (Wildman–Crippen MR) is 68.4 cm³/mol. The standard InChI is InChI=1S/C14H17NO/c1-4-8-12-9-6-7-10-13(12)15-14(16)11(3)5-2/h4-7,9-10H,1,8H2,2-3H3,(H,15,16)/b11-5+. The molecule has 0 saturated heterocycles. The monoisotopic (exact) mass is 215 g/mol. The van der Waals surface area contributed by atoms with E-state index in [0.29, 0.717) is 5.57 Å². The van der Waals surface area contributed by atoms with Crippen LogP contribution in [0.1, 0.15) is 19.4 Å². The van der Waals surface area contributed by atoms with E-state index in [0.717, 1.165) is 17.7 Å². The Balaban J connectivity index is 2.88. The molecule has 1 aromatic rings. The van der Waals surface area contributed by atoms with Gasteiger partial charge in [-0.1, -0.05) is 30.4 Å². The molecule has 2 heteroatoms. The van der Waals surface area contributed by atoms with Gasteiger partial charge in [0.05, 0.1) is 0 Å². The van der Waals surface area contributed by atoms with Crippen molar-refractivity contribution in [2.45, 2.75) is 20.3 Å². The fourth-order valence-electron chi connectivity index (χ4n) is 1.33. The van der Waals surface area contributed by atoms with Crippen LogP contribution >= 0.6 is 0 Å². The molecule has 84 valence electrons. The van der Waals surface area contributed by atoms with Gasteiger partial charge in [0.2, 0.25) is 0 Å². The maximum atomic E-state index is 11.7. The molecule has 0 bridgehead atoms. The number of hydrogen-bond donors (Lipinski definition) is 1. The number of para-hydroxylation sites is 1. The van der Waals surface area contributed by atoms with Gasteiger partial charge in [-0.2, -0.15) is 0 Å². The highest BCUT2D eigenvalue weighted by Gasteiger charge is 2.06. The zero-order valence-corrected chi connectivity index (χ0v) is 9.79. The molecule has 16 heavy (non-hydrogen) atoms. The van der Waals surface area contributed by atoms with Gasteiger partial charge in [0.15, 0.2) is 0 Å². The largest absolute Gasteiger partial charge is 0.322 e. The fraction of sp³-hybridized carbons (Fsp3) is 0.214. The highest BCUT2D eigenvalue weighted by Crippen LogP contribution is 2.16. The summed E-state index contributed by atoms with van der Waals surface area (Å²) in [6, 6.07) is 7.76. The Hall–Kier alpha value is -1.83. The first kappa shape index (κ1) is 12.2. The Labute approximate surface area is 96.7 Å². The van der Waals surface area contributed by atoms with Gasteiger partial charge in [-0.15, -0.1) is 6.58 Å². The average Bonchev–Trinajstić information content (AvgIpc) is 2.31. The lowest BCUT2D eigenvalue weighted by molar-refractivity contribution is -0.112. The lowest BCUT2D eigenvalue weighted by Crippen LogP contribution is -2.13. The highest BCUT2D eigenvalue weighted by atomic mass is 16.1. The Morgan fingerprint density at radius 3 is 2.75 bits per heavy atom. The van der Waals surface area contributed by atoms with Gasteiger partial charge in [0.25, 0.3) is 5.91 Å². The first-order chi connectivity index (χ1) is 7.69. The van der Waals surface area contributed by atoms with Crippen LogP contribution in [0.25, 0.3) is 0 Å². The molecule has 0 heterocycles. The van der Waals surface area contributed by atoms with Crippen molar-refractivity contribution in [1.29, 1.82) is 0 Å². The maximum absolute atomic E-state index is 11.7. The minimum absolute atomic E-state index is 0.0565. The lowest BCUT2D eigenvalue weighted by Gasteiger charge is -2.09. The van der Waals surface area contributed by atoms with Crippen LogP contribution in [0, 0.1) is 0 Å². The van der Waals surface area contributed by atoms with Crippen molar-refractivity contribution >= 4 is 11.6 Å². The van der Waals surface area contributed by atoms with Crippen molar-refractivity contribution in [2.75, 3.05) is 5.32 Å². The number of benzene rings is 1. The second-order valence-electron chi connectivity index (χ2n) is 3.58. The number of amides is 1. The van der Waals surface area contributed by atoms with Crippen LogP contribution in [0.15, 0.2) is 48.6 Å². The summed E-state index contributed by atoms with van der Waals surface area (Å²) < 4.78 is 0. The molecule has 0 aromatic heterocycles. The quantitative estimate of drug-likeness (QED) is 0.606. The molecule has 0 unspecified atom stereocenters. The van der Waals surface area contributed by atoms with E-state index in [1.165, 1.54) is 0 Å². The zero-order valence-electron chi connectivity index (χ0n) is 9.79. The summed E-state index contributed by atoms with van der Waals surface area (Å²) in [5.41, 5.74) is 2.65. The van der Waals surface area contributed by atoms with Crippen LogP contribution in [-0.2, 0) is 11.2 Å². The van der Waals surface area contributed by atoms with Crippen molar-refractivity contribution < 1.29 is 4.79 Å². The number of hydrogen-bond acceptors (Lipinski definition) is 1. The summed E-state index contributed by atoms with van der Waals surface area (Å²) in [4.78, 5) is 11.7. The first-order valence-corrected chi connectivity index (χ1v) is 5.32. The minimum Gasteiger partial charge on any atom is -0.322 e. The van der Waals surface area contributed by atoms with E-state index in [9.17, 15) is 4.79 Å². The third-order valence-corrected chi connectivity index (χ3v) is 2.42. The molecule has 0 saturated carbocycles. The van der Waals surface area contributed by atoms with Gasteiger partial charge < -0.3 is 5.32 Å². The second kappa shape index (κ2) is 5.91. The summed E-state index contributed by atoms with van der Waals surface area (Å²) in [6.45, 7) is 7.35. The van der Waals surface area contributed by atoms with E-state index in [2.05, 4.69) is 11.9 Å². The number of carbonyl (C=O) groups excluding carboxylic acids is 1. The molecule has 0 spiro atoms. The van der Waals surface area contributed by atoms with Crippen molar-refractivity contribution in [2.24, 2.45) is 0 Å². The first-order valence-electron chi connectivity index (χ1n) is 5.32. The molecule has 0 atom stereocenters. The van der Waals surface area contributed by atoms with Crippen LogP contribution in [0.4, 0.5) is 5.69 Å². The molecule has 1 N–H and O–H groups in total. The maximum Gasteiger partial charge on any atom is 0.250 e. The zero-order chi connectivity index (χ0) is 12.0. The second-order valence-corrected chi connectivity index (χ2v) is 3.58. The fourth-order valence-corrected chi connectivity index (χ4v) is 1.33. The molecule has 1 rings (SSSR count). The minimum atomic E-state index is -0.0565. The lowest BCUT2D eigenvalue weighted by atomic mass is 10.1. The highest BCUT2D eigenvalue weighted by molar-refractivity contribution is 6.03. The third-order valence-electron chi connectivity index (χ3n) is 2.42. The van der Waals surface area contributed by atoms with Gasteiger partial charge in [0.1, 0.15) is 0 Å². The van der Waals surface area contributed by atoms with Crippen molar-refractivity contribution in [3.8, 4) is 0 Å². The molecular weight excluding hydrogens is 198 g/mol. The molecule has 0 fully saturated rings. The van der Waals surface area contributed by atoms with Crippen molar-refractivity contribution in [3.05, 3.63) is 54.1 Å². The SMILES string of the molecule is C=CCc1ccccc1NC(=O)/C(C)=C/C. The van der Waals surface area contributed by atoms with E-state index >= 15 is 0 Å². The van der Waals surface area contributed by atoms with Crippen molar-refractivity contribution in [3.63, 3.8) is 0 Å². The molecule has 1 aromatic carbocycles. The number of carbonyl (C=O) groups is 1. The Morgan fingerprint density at radius 2 is 2.12 bits per heavy atom. The molecule has 1 amide bonds. The third kappa shape index (κ3) is 3.09. The Morgan fingerprint density at radius 1 is 1.44 bits per heavy atom. The summed E-state index contributed by atoms with van der Waals surface area (Å²) in [5.74, 6) is -0.0565. The Kier molecular flexibility index (Phi) is 4.52. The summed E-state index contributed by atoms with van der Waals surface area (Å²) >= 11 is 0. The number of allylic oxidation sites excluding steroid dienone is 2. The molecule has 0 aliphatic rings. The van der Waals surface area contributed by atoms with Gasteiger partial charge in [-0.05, 0) is 31.9 Å². The molecule has 0 aliphatic carbocycles. The number of rotatable bonds is 4. The molecule has 0 aliphatic heterocycles. The van der Waals surface area contributed by atoms with Crippen LogP contribution < -0.4 is 5.32 Å². The van der Waals surface area contributed by atoms with E-state index in [-0.39, 0.29) is 5.91 Å². The van der Waals surface area contributed by atoms with Crippen LogP contribution in [0.2, 0.25) is 0 Å². The van der Waals surface area contributed by atoms with E-state index < -0.39 is 0 Å². The van der Waals surface area contributed by atoms with E-state index in [1.807, 2.05) is 37.3 Å². The normalized spacial score (nSPS) is 11.0. The van der Waals surface area contributed by atoms with Gasteiger partial charge in [-0.3, -0.25) is 4.79 Å². The number of anilines is 1. The topological polar surface area (TPSA) is 29.1 Å². The van der Waals surface area contributed by atoms with E-state index in [4.69, 9.17) is 0 Å². The number of nitrogens with one attached hydrogen (secondary N) is 1. The molecule has 2 nitrogen and oxygen atoms in total. The Bertz CT molecular complexity index is 418. The summed E-state index contributed by atoms with van der Waals surface area (Å²) in [6.07, 6.45) is 4.38. The molecular formula is C14H17NO. The van der Waals surface area contributed by atoms with Gasteiger partial charge in [-0.25, -0.2) is 0 Å². The van der Waals surface area contributed by atoms with Gasteiger partial charge in [0, 0.05) is 11.3 Å². The smallest absolute Gasteiger partial charge is 0.250 e.